The fourth-order valence-electron chi connectivity index (χ4n) is 2.18. The lowest BCUT2D eigenvalue weighted by Crippen LogP contribution is -2.28. The van der Waals surface area contributed by atoms with Crippen molar-refractivity contribution >= 4 is 11.3 Å². The first-order valence-corrected chi connectivity index (χ1v) is 7.98. The highest BCUT2D eigenvalue weighted by Crippen LogP contribution is 2.48. The van der Waals surface area contributed by atoms with Gasteiger partial charge in [0, 0.05) is 37.4 Å². The minimum atomic E-state index is 0.169. The molecule has 3 nitrogen and oxygen atoms in total. The Morgan fingerprint density at radius 3 is 2.68 bits per heavy atom. The van der Waals surface area contributed by atoms with E-state index in [1.165, 1.54) is 23.5 Å². The maximum atomic E-state index is 5.06. The molecule has 1 aromatic heterocycles. The van der Waals surface area contributed by atoms with Crippen molar-refractivity contribution in [1.29, 1.82) is 0 Å². The van der Waals surface area contributed by atoms with Gasteiger partial charge < -0.3 is 10.1 Å². The molecule has 1 aromatic rings. The van der Waals surface area contributed by atoms with Crippen LogP contribution in [-0.2, 0) is 16.6 Å². The lowest BCUT2D eigenvalue weighted by Gasteiger charge is -2.16. The average Bonchev–Trinajstić information content (AvgIpc) is 2.90. The summed E-state index contributed by atoms with van der Waals surface area (Å²) in [7, 11) is 1.75. The monoisotopic (exact) mass is 282 g/mol. The van der Waals surface area contributed by atoms with Crippen LogP contribution in [0.3, 0.4) is 0 Å². The number of hydrogen-bond donors (Lipinski definition) is 1. The van der Waals surface area contributed by atoms with Crippen molar-refractivity contribution in [2.45, 2.75) is 45.4 Å². The van der Waals surface area contributed by atoms with Crippen LogP contribution in [0.2, 0.25) is 0 Å². The predicted molar refractivity (Wildman–Crippen MR) is 80.9 cm³/mol. The highest BCUT2D eigenvalue weighted by atomic mass is 32.1. The van der Waals surface area contributed by atoms with Crippen LogP contribution >= 0.6 is 11.3 Å². The standard InChI is InChI=1S/C15H26N2OS/c1-14(2,3)12-10-19-13(17-12)9-15(5-6-15)11-16-7-8-18-4/h10,16H,5-9,11H2,1-4H3. The van der Waals surface area contributed by atoms with E-state index in [0.717, 1.165) is 26.1 Å². The molecule has 1 N–H and O–H groups in total. The van der Waals surface area contributed by atoms with E-state index in [1.54, 1.807) is 7.11 Å². The highest BCUT2D eigenvalue weighted by Gasteiger charge is 2.42. The van der Waals surface area contributed by atoms with Gasteiger partial charge in [-0.2, -0.15) is 0 Å². The Kier molecular flexibility index (Phi) is 4.64. The van der Waals surface area contributed by atoms with Gasteiger partial charge in [0.2, 0.25) is 0 Å². The van der Waals surface area contributed by atoms with Gasteiger partial charge in [0.1, 0.15) is 0 Å². The molecule has 2 rings (SSSR count). The molecule has 0 saturated heterocycles. The minimum absolute atomic E-state index is 0.169. The van der Waals surface area contributed by atoms with Crippen LogP contribution < -0.4 is 5.32 Å². The van der Waals surface area contributed by atoms with E-state index in [2.05, 4.69) is 31.5 Å². The zero-order valence-electron chi connectivity index (χ0n) is 12.6. The maximum absolute atomic E-state index is 5.06. The van der Waals surface area contributed by atoms with Gasteiger partial charge in [-0.05, 0) is 18.3 Å². The topological polar surface area (TPSA) is 34.1 Å². The summed E-state index contributed by atoms with van der Waals surface area (Å²) in [6.07, 6.45) is 3.79. The molecule has 4 heteroatoms. The van der Waals surface area contributed by atoms with E-state index in [1.807, 2.05) is 11.3 Å². The molecule has 1 heterocycles. The molecule has 0 amide bonds. The average molecular weight is 282 g/mol. The first-order chi connectivity index (χ1) is 8.95. The smallest absolute Gasteiger partial charge is 0.0934 e. The molecule has 0 bridgehead atoms. The molecular formula is C15H26N2OS. The van der Waals surface area contributed by atoms with Gasteiger partial charge in [-0.25, -0.2) is 4.98 Å². The van der Waals surface area contributed by atoms with E-state index in [0.29, 0.717) is 5.41 Å². The summed E-state index contributed by atoms with van der Waals surface area (Å²) in [4.78, 5) is 4.82. The second-order valence-corrected chi connectivity index (χ2v) is 7.67. The van der Waals surface area contributed by atoms with Crippen molar-refractivity contribution in [2.24, 2.45) is 5.41 Å². The van der Waals surface area contributed by atoms with Crippen molar-refractivity contribution in [1.82, 2.24) is 10.3 Å². The van der Waals surface area contributed by atoms with E-state index >= 15 is 0 Å². The Morgan fingerprint density at radius 1 is 1.42 bits per heavy atom. The van der Waals surface area contributed by atoms with Crippen LogP contribution in [0, 0.1) is 5.41 Å². The molecule has 0 unspecified atom stereocenters. The number of methoxy groups -OCH3 is 1. The second-order valence-electron chi connectivity index (χ2n) is 6.72. The van der Waals surface area contributed by atoms with Crippen LogP contribution in [0.4, 0.5) is 0 Å². The molecule has 0 atom stereocenters. The molecule has 19 heavy (non-hydrogen) atoms. The van der Waals surface area contributed by atoms with Crippen molar-refractivity contribution < 1.29 is 4.74 Å². The zero-order chi connectivity index (χ0) is 13.9. The molecule has 0 aromatic carbocycles. The molecule has 0 spiro atoms. The van der Waals surface area contributed by atoms with E-state index < -0.39 is 0 Å². The Labute approximate surface area is 120 Å². The van der Waals surface area contributed by atoms with E-state index in [9.17, 15) is 0 Å². The fraction of sp³-hybridized carbons (Fsp3) is 0.800. The second kappa shape index (κ2) is 5.90. The Morgan fingerprint density at radius 2 is 2.16 bits per heavy atom. The summed E-state index contributed by atoms with van der Waals surface area (Å²) in [5, 5.41) is 7.03. The predicted octanol–water partition coefficient (Wildman–Crippen LogP) is 3.00. The Bertz CT molecular complexity index is 405. The summed E-state index contributed by atoms with van der Waals surface area (Å²) in [6, 6.07) is 0. The van der Waals surface area contributed by atoms with Crippen molar-refractivity contribution in [2.75, 3.05) is 26.8 Å². The number of hydrogen-bond acceptors (Lipinski definition) is 4. The summed E-state index contributed by atoms with van der Waals surface area (Å²) in [5.41, 5.74) is 1.87. The molecule has 108 valence electrons. The third-order valence-corrected chi connectivity index (χ3v) is 4.64. The van der Waals surface area contributed by atoms with Crippen molar-refractivity contribution in [3.05, 3.63) is 16.1 Å². The lowest BCUT2D eigenvalue weighted by molar-refractivity contribution is 0.197. The van der Waals surface area contributed by atoms with Crippen molar-refractivity contribution in [3.8, 4) is 0 Å². The van der Waals surface area contributed by atoms with Gasteiger partial charge in [-0.1, -0.05) is 20.8 Å². The number of nitrogens with one attached hydrogen (secondary N) is 1. The summed E-state index contributed by atoms with van der Waals surface area (Å²) < 4.78 is 5.06. The van der Waals surface area contributed by atoms with Crippen LogP contribution in [0.25, 0.3) is 0 Å². The van der Waals surface area contributed by atoms with Gasteiger partial charge in [0.05, 0.1) is 17.3 Å². The Hall–Kier alpha value is -0.450. The largest absolute Gasteiger partial charge is 0.383 e. The first-order valence-electron chi connectivity index (χ1n) is 7.10. The maximum Gasteiger partial charge on any atom is 0.0934 e. The summed E-state index contributed by atoms with van der Waals surface area (Å²) in [6.45, 7) is 9.52. The molecule has 1 fully saturated rings. The number of rotatable bonds is 7. The number of thiazole rings is 1. The molecule has 1 aliphatic carbocycles. The van der Waals surface area contributed by atoms with Crippen molar-refractivity contribution in [3.63, 3.8) is 0 Å². The fourth-order valence-corrected chi connectivity index (χ4v) is 3.37. The molecule has 1 saturated carbocycles. The molecule has 0 radical (unpaired) electrons. The van der Waals surface area contributed by atoms with Gasteiger partial charge in [0.25, 0.3) is 0 Å². The highest BCUT2D eigenvalue weighted by molar-refractivity contribution is 7.09. The molecule has 1 aliphatic rings. The summed E-state index contributed by atoms with van der Waals surface area (Å²) >= 11 is 1.82. The quantitative estimate of drug-likeness (QED) is 0.781. The third kappa shape index (κ3) is 4.26. The lowest BCUT2D eigenvalue weighted by atomic mass is 9.93. The van der Waals surface area contributed by atoms with Crippen LogP contribution in [0.1, 0.15) is 44.3 Å². The van der Waals surface area contributed by atoms with Gasteiger partial charge in [-0.15, -0.1) is 11.3 Å². The van der Waals surface area contributed by atoms with Gasteiger partial charge in [-0.3, -0.25) is 0 Å². The Balaban J connectivity index is 1.85. The number of nitrogens with zero attached hydrogens (tertiary/aromatic N) is 1. The number of ether oxygens (including phenoxy) is 1. The molecule has 0 aliphatic heterocycles. The van der Waals surface area contributed by atoms with E-state index in [4.69, 9.17) is 9.72 Å². The minimum Gasteiger partial charge on any atom is -0.383 e. The molecular weight excluding hydrogens is 256 g/mol. The van der Waals surface area contributed by atoms with E-state index in [-0.39, 0.29) is 5.41 Å². The van der Waals surface area contributed by atoms with Crippen LogP contribution in [0.5, 0.6) is 0 Å². The van der Waals surface area contributed by atoms with Crippen LogP contribution in [-0.4, -0.2) is 31.8 Å². The van der Waals surface area contributed by atoms with Gasteiger partial charge in [0.15, 0.2) is 0 Å². The zero-order valence-corrected chi connectivity index (χ0v) is 13.4. The summed E-state index contributed by atoms with van der Waals surface area (Å²) in [5.74, 6) is 0. The van der Waals surface area contributed by atoms with Gasteiger partial charge >= 0.3 is 0 Å². The normalized spacial score (nSPS) is 17.7. The van der Waals surface area contributed by atoms with Crippen LogP contribution in [0.15, 0.2) is 5.38 Å². The SMILES string of the molecule is COCCNCC1(Cc2nc(C(C)(C)C)cs2)CC1. The third-order valence-electron chi connectivity index (χ3n) is 3.79. The first kappa shape index (κ1) is 14.9. The number of aromatic nitrogens is 1.